The fourth-order valence-electron chi connectivity index (χ4n) is 2.35. The van der Waals surface area contributed by atoms with Gasteiger partial charge in [0.1, 0.15) is 0 Å². The first kappa shape index (κ1) is 18.7. The SMILES string of the molecule is CCNC(=NCc1ccc(C#N)cc1)N1CCC(O)CC1.I. The minimum atomic E-state index is -0.178. The molecule has 22 heavy (non-hydrogen) atoms. The van der Waals surface area contributed by atoms with Gasteiger partial charge < -0.3 is 15.3 Å². The molecule has 1 aliphatic rings. The fourth-order valence-corrected chi connectivity index (χ4v) is 2.35. The van der Waals surface area contributed by atoms with Crippen molar-refractivity contribution in [3.63, 3.8) is 0 Å². The van der Waals surface area contributed by atoms with E-state index in [2.05, 4.69) is 28.2 Å². The minimum absolute atomic E-state index is 0. The van der Waals surface area contributed by atoms with Crippen molar-refractivity contribution < 1.29 is 5.11 Å². The fraction of sp³-hybridized carbons (Fsp3) is 0.500. The molecule has 1 saturated heterocycles. The number of nitrogens with one attached hydrogen (secondary N) is 1. The zero-order chi connectivity index (χ0) is 15.1. The highest BCUT2D eigenvalue weighted by Gasteiger charge is 2.19. The van der Waals surface area contributed by atoms with Gasteiger partial charge in [0.15, 0.2) is 5.96 Å². The number of likely N-dealkylation sites (tertiary alicyclic amines) is 1. The van der Waals surface area contributed by atoms with Gasteiger partial charge in [0, 0.05) is 19.6 Å². The summed E-state index contributed by atoms with van der Waals surface area (Å²) in [7, 11) is 0. The number of hydrogen-bond acceptors (Lipinski definition) is 3. The number of nitriles is 1. The van der Waals surface area contributed by atoms with Crippen LogP contribution in [-0.4, -0.2) is 41.7 Å². The number of rotatable bonds is 3. The summed E-state index contributed by atoms with van der Waals surface area (Å²) in [6.45, 7) is 5.13. The summed E-state index contributed by atoms with van der Waals surface area (Å²) in [6, 6.07) is 9.62. The number of aliphatic hydroxyl groups is 1. The molecular weight excluding hydrogens is 391 g/mol. The molecule has 0 amide bonds. The number of halogens is 1. The number of piperidine rings is 1. The summed E-state index contributed by atoms with van der Waals surface area (Å²) in [5, 5.41) is 21.7. The standard InChI is InChI=1S/C16H22N4O.HI/c1-2-18-16(20-9-7-15(21)8-10-20)19-12-14-5-3-13(11-17)4-6-14;/h3-6,15,21H,2,7-10,12H2,1H3,(H,18,19);1H. The molecule has 0 saturated carbocycles. The molecule has 1 heterocycles. The second-order valence-corrected chi connectivity index (χ2v) is 5.20. The van der Waals surface area contributed by atoms with Gasteiger partial charge in [-0.2, -0.15) is 5.26 Å². The molecular formula is C16H23IN4O. The smallest absolute Gasteiger partial charge is 0.194 e. The Morgan fingerprint density at radius 2 is 2.00 bits per heavy atom. The van der Waals surface area contributed by atoms with Gasteiger partial charge in [0.25, 0.3) is 0 Å². The number of hydrogen-bond donors (Lipinski definition) is 2. The van der Waals surface area contributed by atoms with Crippen molar-refractivity contribution in [1.82, 2.24) is 10.2 Å². The summed E-state index contributed by atoms with van der Waals surface area (Å²) in [5.41, 5.74) is 1.75. The van der Waals surface area contributed by atoms with Crippen LogP contribution in [0.4, 0.5) is 0 Å². The molecule has 0 spiro atoms. The molecule has 5 nitrogen and oxygen atoms in total. The molecule has 0 aliphatic carbocycles. The minimum Gasteiger partial charge on any atom is -0.393 e. The average Bonchev–Trinajstić information content (AvgIpc) is 2.53. The van der Waals surface area contributed by atoms with Gasteiger partial charge in [0.2, 0.25) is 0 Å². The lowest BCUT2D eigenvalue weighted by Crippen LogP contribution is -2.46. The third-order valence-electron chi connectivity index (χ3n) is 3.59. The van der Waals surface area contributed by atoms with E-state index in [9.17, 15) is 5.11 Å². The monoisotopic (exact) mass is 414 g/mol. The lowest BCUT2D eigenvalue weighted by molar-refractivity contribution is 0.108. The van der Waals surface area contributed by atoms with Gasteiger partial charge in [0.05, 0.1) is 24.3 Å². The Hall–Kier alpha value is -1.33. The Labute approximate surface area is 149 Å². The third kappa shape index (κ3) is 5.46. The number of benzene rings is 1. The van der Waals surface area contributed by atoms with Crippen LogP contribution in [-0.2, 0) is 6.54 Å². The van der Waals surface area contributed by atoms with E-state index < -0.39 is 0 Å². The third-order valence-corrected chi connectivity index (χ3v) is 3.59. The highest BCUT2D eigenvalue weighted by molar-refractivity contribution is 14.0. The summed E-state index contributed by atoms with van der Waals surface area (Å²) < 4.78 is 0. The maximum absolute atomic E-state index is 9.58. The summed E-state index contributed by atoms with van der Waals surface area (Å²) in [5.74, 6) is 0.897. The van der Waals surface area contributed by atoms with Crippen LogP contribution in [0.25, 0.3) is 0 Å². The molecule has 1 aromatic rings. The van der Waals surface area contributed by atoms with E-state index in [-0.39, 0.29) is 30.1 Å². The van der Waals surface area contributed by atoms with Crippen LogP contribution < -0.4 is 5.32 Å². The molecule has 0 bridgehead atoms. The second-order valence-electron chi connectivity index (χ2n) is 5.20. The predicted molar refractivity (Wildman–Crippen MR) is 98.2 cm³/mol. The molecule has 0 radical (unpaired) electrons. The number of nitrogens with zero attached hydrogens (tertiary/aromatic N) is 3. The van der Waals surface area contributed by atoms with Crippen LogP contribution in [0.1, 0.15) is 30.9 Å². The van der Waals surface area contributed by atoms with E-state index in [1.54, 1.807) is 0 Å². The number of aliphatic imine (C=N–C) groups is 1. The predicted octanol–water partition coefficient (Wildman–Crippen LogP) is 2.10. The Kier molecular flexibility index (Phi) is 8.20. The van der Waals surface area contributed by atoms with Gasteiger partial charge in [-0.25, -0.2) is 4.99 Å². The first-order chi connectivity index (χ1) is 10.2. The molecule has 0 unspecified atom stereocenters. The van der Waals surface area contributed by atoms with Crippen LogP contribution in [0.3, 0.4) is 0 Å². The quantitative estimate of drug-likeness (QED) is 0.452. The lowest BCUT2D eigenvalue weighted by Gasteiger charge is -2.32. The van der Waals surface area contributed by atoms with Crippen LogP contribution in [0.15, 0.2) is 29.3 Å². The van der Waals surface area contributed by atoms with Crippen LogP contribution in [0.5, 0.6) is 0 Å². The Bertz CT molecular complexity index is 516. The van der Waals surface area contributed by atoms with Gasteiger partial charge >= 0.3 is 0 Å². The highest BCUT2D eigenvalue weighted by Crippen LogP contribution is 2.11. The van der Waals surface area contributed by atoms with Crippen LogP contribution in [0.2, 0.25) is 0 Å². The summed E-state index contributed by atoms with van der Waals surface area (Å²) in [6.07, 6.45) is 1.41. The normalized spacial score (nSPS) is 15.9. The van der Waals surface area contributed by atoms with Crippen molar-refractivity contribution in [1.29, 1.82) is 5.26 Å². The molecule has 0 aromatic heterocycles. The largest absolute Gasteiger partial charge is 0.393 e. The topological polar surface area (TPSA) is 71.7 Å². The van der Waals surface area contributed by atoms with Gasteiger partial charge in [-0.1, -0.05) is 12.1 Å². The first-order valence-corrected chi connectivity index (χ1v) is 7.43. The molecule has 0 atom stereocenters. The van der Waals surface area contributed by atoms with E-state index >= 15 is 0 Å². The van der Waals surface area contributed by atoms with Crippen molar-refractivity contribution in [2.75, 3.05) is 19.6 Å². The molecule has 2 rings (SSSR count). The van der Waals surface area contributed by atoms with Crippen molar-refractivity contribution in [2.24, 2.45) is 4.99 Å². The van der Waals surface area contributed by atoms with Crippen molar-refractivity contribution in [3.05, 3.63) is 35.4 Å². The summed E-state index contributed by atoms with van der Waals surface area (Å²) in [4.78, 5) is 6.85. The van der Waals surface area contributed by atoms with E-state index in [4.69, 9.17) is 5.26 Å². The Morgan fingerprint density at radius 1 is 1.36 bits per heavy atom. The van der Waals surface area contributed by atoms with Gasteiger partial charge in [-0.15, -0.1) is 24.0 Å². The zero-order valence-electron chi connectivity index (χ0n) is 12.8. The van der Waals surface area contributed by atoms with E-state index in [1.165, 1.54) is 0 Å². The maximum Gasteiger partial charge on any atom is 0.194 e. The van der Waals surface area contributed by atoms with Crippen molar-refractivity contribution in [2.45, 2.75) is 32.4 Å². The molecule has 1 aliphatic heterocycles. The molecule has 2 N–H and O–H groups in total. The average molecular weight is 414 g/mol. The van der Waals surface area contributed by atoms with Gasteiger partial charge in [-0.3, -0.25) is 0 Å². The molecule has 6 heteroatoms. The van der Waals surface area contributed by atoms with Gasteiger partial charge in [-0.05, 0) is 37.5 Å². The highest BCUT2D eigenvalue weighted by atomic mass is 127. The first-order valence-electron chi connectivity index (χ1n) is 7.43. The Balaban J connectivity index is 0.00000242. The molecule has 120 valence electrons. The second kappa shape index (κ2) is 9.64. The van der Waals surface area contributed by atoms with Crippen LogP contribution >= 0.6 is 24.0 Å². The molecule has 1 fully saturated rings. The van der Waals surface area contributed by atoms with Crippen molar-refractivity contribution in [3.8, 4) is 6.07 Å². The van der Waals surface area contributed by atoms with E-state index in [1.807, 2.05) is 24.3 Å². The zero-order valence-corrected chi connectivity index (χ0v) is 15.2. The summed E-state index contributed by atoms with van der Waals surface area (Å²) >= 11 is 0. The number of aliphatic hydroxyl groups excluding tert-OH is 1. The molecule has 1 aromatic carbocycles. The van der Waals surface area contributed by atoms with E-state index in [0.717, 1.165) is 44.0 Å². The van der Waals surface area contributed by atoms with E-state index in [0.29, 0.717) is 12.1 Å². The Morgan fingerprint density at radius 3 is 2.55 bits per heavy atom. The van der Waals surface area contributed by atoms with Crippen molar-refractivity contribution >= 4 is 29.9 Å². The number of guanidine groups is 1. The van der Waals surface area contributed by atoms with Crippen LogP contribution in [0, 0.1) is 11.3 Å². The maximum atomic E-state index is 9.58. The lowest BCUT2D eigenvalue weighted by atomic mass is 10.1.